The van der Waals surface area contributed by atoms with E-state index in [4.69, 9.17) is 24.4 Å². The van der Waals surface area contributed by atoms with Gasteiger partial charge in [-0.1, -0.05) is 87.5 Å². The summed E-state index contributed by atoms with van der Waals surface area (Å²) in [5.41, 5.74) is 6.54. The van der Waals surface area contributed by atoms with Gasteiger partial charge in [-0.25, -0.2) is 0 Å². The van der Waals surface area contributed by atoms with E-state index in [0.717, 1.165) is 25.9 Å². The fourth-order valence-corrected chi connectivity index (χ4v) is 4.34. The summed E-state index contributed by atoms with van der Waals surface area (Å²) in [7, 11) is 3.50. The van der Waals surface area contributed by atoms with Gasteiger partial charge in [0.25, 0.3) is 0 Å². The molecule has 3 aromatic rings. The minimum Gasteiger partial charge on any atom is -0.394 e. The van der Waals surface area contributed by atoms with Crippen molar-refractivity contribution in [3.05, 3.63) is 96.1 Å². The largest absolute Gasteiger partial charge is 0.394 e. The molecule has 0 radical (unpaired) electrons. The second-order valence-corrected chi connectivity index (χ2v) is 10.7. The average molecular weight is 593 g/mol. The summed E-state index contributed by atoms with van der Waals surface area (Å²) in [6.07, 6.45) is 6.74. The van der Waals surface area contributed by atoms with Crippen LogP contribution >= 0.6 is 0 Å². The molecule has 0 saturated carbocycles. The molecule has 0 spiro atoms. The highest BCUT2D eigenvalue weighted by molar-refractivity contribution is 5.87. The predicted molar refractivity (Wildman–Crippen MR) is 179 cm³/mol. The number of aldehydes is 1. The lowest BCUT2D eigenvalue weighted by Gasteiger charge is -2.15. The Labute approximate surface area is 259 Å². The number of carbonyl (C=O) groups excluding carboxylic acids is 1. The molecule has 2 N–H and O–H groups in total. The molecule has 0 heterocycles. The first-order valence-electron chi connectivity index (χ1n) is 15.0. The van der Waals surface area contributed by atoms with Crippen LogP contribution in [0.2, 0.25) is 0 Å². The predicted octanol–water partition coefficient (Wildman–Crippen LogP) is 7.00. The molecule has 0 aliphatic rings. The number of hydrogen-bond acceptors (Lipinski definition) is 6. The van der Waals surface area contributed by atoms with E-state index in [1.165, 1.54) is 58.7 Å². The lowest BCUT2D eigenvalue weighted by molar-refractivity contribution is -0.104. The van der Waals surface area contributed by atoms with Gasteiger partial charge in [-0.15, -0.1) is 0 Å². The van der Waals surface area contributed by atoms with E-state index in [1.54, 1.807) is 21.1 Å². The Hall–Kier alpha value is -3.13. The summed E-state index contributed by atoms with van der Waals surface area (Å²) in [6, 6.07) is 22.6. The minimum atomic E-state index is -0.0502. The molecule has 3 aromatic carbocycles. The van der Waals surface area contributed by atoms with Gasteiger partial charge in [-0.3, -0.25) is 4.79 Å². The van der Waals surface area contributed by atoms with Crippen LogP contribution in [0, 0.1) is 5.92 Å². The first-order chi connectivity index (χ1) is 20.8. The molecule has 0 aliphatic carbocycles. The molecule has 0 bridgehead atoms. The monoisotopic (exact) mass is 592 g/mol. The number of hydrogen-bond donors (Lipinski definition) is 2. The Morgan fingerprint density at radius 1 is 0.860 bits per heavy atom. The average Bonchev–Trinajstić information content (AvgIpc) is 3.02. The van der Waals surface area contributed by atoms with Crippen molar-refractivity contribution in [1.29, 1.82) is 0 Å². The van der Waals surface area contributed by atoms with Crippen LogP contribution in [-0.2, 0) is 31.8 Å². The molecule has 0 unspecified atom stereocenters. The Morgan fingerprint density at radius 2 is 1.44 bits per heavy atom. The van der Waals surface area contributed by atoms with Crippen molar-refractivity contribution in [1.82, 2.24) is 0 Å². The number of fused-ring (bicyclic) bond motifs is 1. The summed E-state index contributed by atoms with van der Waals surface area (Å²) in [5.74, 6) is 0.387. The first-order valence-corrected chi connectivity index (χ1v) is 15.0. The molecule has 0 aromatic heterocycles. The standard InChI is InChI=1S/C27H34O2.C6H12O3.C4H6O/c1-4-5-6-7-21-8-11-24(12-9-21)26-15-14-25-17-22(10-13-27(25)18-26)16-23(19-28-2)20-29-3;1-6(4-8)5-9-3-2-7;1-4(2)3-5/h8-15,17-18,23H,4-7,16,19-20H2,1-3H3;7-8H,1-5H2;3H,1H2,2H3. The third-order valence-electron chi connectivity index (χ3n) is 6.56. The molecule has 3 rings (SSSR count). The van der Waals surface area contributed by atoms with Crippen molar-refractivity contribution in [3.8, 4) is 11.1 Å². The maximum atomic E-state index is 9.41. The van der Waals surface area contributed by atoms with Crippen molar-refractivity contribution >= 4 is 17.1 Å². The number of ether oxygens (including phenoxy) is 3. The number of methoxy groups -OCH3 is 2. The van der Waals surface area contributed by atoms with Crippen LogP contribution < -0.4 is 0 Å². The highest BCUT2D eigenvalue weighted by Gasteiger charge is 2.10. The molecule has 0 saturated heterocycles. The molecule has 236 valence electrons. The van der Waals surface area contributed by atoms with E-state index in [0.29, 0.717) is 30.3 Å². The van der Waals surface area contributed by atoms with Crippen LogP contribution in [0.3, 0.4) is 0 Å². The second-order valence-electron chi connectivity index (χ2n) is 10.7. The van der Waals surface area contributed by atoms with E-state index in [2.05, 4.69) is 80.7 Å². The quantitative estimate of drug-likeness (QED) is 0.0760. The molecule has 6 heteroatoms. The van der Waals surface area contributed by atoms with Crippen molar-refractivity contribution in [2.75, 3.05) is 53.9 Å². The number of aliphatic hydroxyl groups excluding tert-OH is 2. The van der Waals surface area contributed by atoms with Crippen LogP contribution in [0.25, 0.3) is 21.9 Å². The van der Waals surface area contributed by atoms with Crippen molar-refractivity contribution in [3.63, 3.8) is 0 Å². The van der Waals surface area contributed by atoms with Crippen LogP contribution in [0.15, 0.2) is 85.0 Å². The zero-order chi connectivity index (χ0) is 31.9. The van der Waals surface area contributed by atoms with Gasteiger partial charge in [0, 0.05) is 20.1 Å². The van der Waals surface area contributed by atoms with Gasteiger partial charge in [0.1, 0.15) is 6.29 Å². The fourth-order valence-electron chi connectivity index (χ4n) is 4.34. The summed E-state index contributed by atoms with van der Waals surface area (Å²) >= 11 is 0. The number of carbonyl (C=O) groups is 1. The van der Waals surface area contributed by atoms with E-state index in [9.17, 15) is 4.79 Å². The number of benzene rings is 3. The lowest BCUT2D eigenvalue weighted by atomic mass is 9.95. The van der Waals surface area contributed by atoms with Crippen LogP contribution in [0.5, 0.6) is 0 Å². The highest BCUT2D eigenvalue weighted by Crippen LogP contribution is 2.26. The van der Waals surface area contributed by atoms with Crippen molar-refractivity contribution in [2.45, 2.75) is 46.0 Å². The van der Waals surface area contributed by atoms with Crippen molar-refractivity contribution < 1.29 is 29.2 Å². The number of aliphatic hydroxyl groups is 2. The Morgan fingerprint density at radius 3 is 2.00 bits per heavy atom. The number of allylic oxidation sites excluding steroid dienone is 1. The maximum absolute atomic E-state index is 9.41. The molecule has 43 heavy (non-hydrogen) atoms. The second kappa shape index (κ2) is 23.3. The van der Waals surface area contributed by atoms with E-state index in [-0.39, 0.29) is 13.2 Å². The minimum absolute atomic E-state index is 0.0126. The fraction of sp³-hybridized carbons (Fsp3) is 0.432. The van der Waals surface area contributed by atoms with E-state index < -0.39 is 0 Å². The molecule has 6 nitrogen and oxygen atoms in total. The molecule has 0 amide bonds. The molecular formula is C37H52O6. The maximum Gasteiger partial charge on any atom is 0.145 e. The smallest absolute Gasteiger partial charge is 0.145 e. The van der Waals surface area contributed by atoms with Crippen molar-refractivity contribution in [2.24, 2.45) is 5.92 Å². The Kier molecular flexibility index (Phi) is 20.6. The number of rotatable bonds is 17. The van der Waals surface area contributed by atoms with Gasteiger partial charge in [0.2, 0.25) is 0 Å². The van der Waals surface area contributed by atoms with Gasteiger partial charge in [-0.05, 0) is 76.4 Å². The van der Waals surface area contributed by atoms with E-state index in [1.807, 2.05) is 0 Å². The summed E-state index contributed by atoms with van der Waals surface area (Å²) in [5, 5.41) is 19.2. The lowest BCUT2D eigenvalue weighted by Crippen LogP contribution is -2.17. The summed E-state index contributed by atoms with van der Waals surface area (Å²) < 4.78 is 15.5. The van der Waals surface area contributed by atoms with Crippen LogP contribution in [0.1, 0.15) is 44.2 Å². The van der Waals surface area contributed by atoms with Gasteiger partial charge in [-0.2, -0.15) is 0 Å². The molecule has 0 aliphatic heterocycles. The number of aryl methyl sites for hydroxylation is 1. The van der Waals surface area contributed by atoms with Crippen LogP contribution in [0.4, 0.5) is 0 Å². The highest BCUT2D eigenvalue weighted by atomic mass is 16.5. The van der Waals surface area contributed by atoms with Gasteiger partial charge >= 0.3 is 0 Å². The van der Waals surface area contributed by atoms with Crippen LogP contribution in [-0.4, -0.2) is 70.4 Å². The third kappa shape index (κ3) is 16.3. The zero-order valence-electron chi connectivity index (χ0n) is 26.6. The Bertz CT molecular complexity index is 1200. The SMILES string of the molecule is C=C(C)C=O.C=C(CO)COCCO.CCCCCc1ccc(-c2ccc3cc(CC(COC)COC)ccc3c2)cc1. The van der Waals surface area contributed by atoms with E-state index >= 15 is 0 Å². The molecule has 0 atom stereocenters. The normalized spacial score (nSPS) is 10.5. The summed E-state index contributed by atoms with van der Waals surface area (Å²) in [4.78, 5) is 9.41. The molecule has 0 fully saturated rings. The molecular weight excluding hydrogens is 540 g/mol. The Balaban J connectivity index is 0.000000549. The van der Waals surface area contributed by atoms with Gasteiger partial charge in [0.15, 0.2) is 0 Å². The first kappa shape index (κ1) is 37.9. The topological polar surface area (TPSA) is 85.2 Å². The van der Waals surface area contributed by atoms with Gasteiger partial charge < -0.3 is 24.4 Å². The summed E-state index contributed by atoms with van der Waals surface area (Å²) in [6.45, 7) is 12.7. The third-order valence-corrected chi connectivity index (χ3v) is 6.56. The zero-order valence-corrected chi connectivity index (χ0v) is 26.6. The number of unbranched alkanes of at least 4 members (excludes halogenated alkanes) is 2. The van der Waals surface area contributed by atoms with Gasteiger partial charge in [0.05, 0.1) is 39.6 Å².